The van der Waals surface area contributed by atoms with Crippen molar-refractivity contribution in [3.8, 4) is 0 Å². The van der Waals surface area contributed by atoms with Gasteiger partial charge in [0.1, 0.15) is 6.79 Å². The minimum Gasteiger partial charge on any atom is -0.351 e. The number of ether oxygens (including phenoxy) is 2. The van der Waals surface area contributed by atoms with Crippen LogP contribution < -0.4 is 5.32 Å². The van der Waals surface area contributed by atoms with E-state index in [1.807, 2.05) is 25.2 Å². The van der Waals surface area contributed by atoms with E-state index in [0.29, 0.717) is 25.5 Å². The van der Waals surface area contributed by atoms with Crippen LogP contribution in [-0.2, 0) is 16.1 Å². The monoisotopic (exact) mass is 249 g/mol. The lowest BCUT2D eigenvalue weighted by Gasteiger charge is -2.31. The van der Waals surface area contributed by atoms with Crippen LogP contribution in [-0.4, -0.2) is 26.0 Å². The van der Waals surface area contributed by atoms with Crippen LogP contribution in [0.4, 0.5) is 0 Å². The average molecular weight is 249 g/mol. The Morgan fingerprint density at radius 2 is 1.94 bits per heavy atom. The van der Waals surface area contributed by atoms with E-state index in [4.69, 9.17) is 9.47 Å². The van der Waals surface area contributed by atoms with Gasteiger partial charge in [-0.1, -0.05) is 43.2 Å². The van der Waals surface area contributed by atoms with Gasteiger partial charge in [-0.05, 0) is 25.5 Å². The summed E-state index contributed by atoms with van der Waals surface area (Å²) in [6.45, 7) is 1.01. The summed E-state index contributed by atoms with van der Waals surface area (Å²) in [4.78, 5) is 0. The van der Waals surface area contributed by atoms with Crippen molar-refractivity contribution in [1.82, 2.24) is 5.32 Å². The lowest BCUT2D eigenvalue weighted by Crippen LogP contribution is -2.42. The zero-order valence-corrected chi connectivity index (χ0v) is 11.1. The third-order valence-electron chi connectivity index (χ3n) is 3.55. The Hall–Kier alpha value is -0.900. The van der Waals surface area contributed by atoms with Crippen molar-refractivity contribution in [2.75, 3.05) is 13.8 Å². The topological polar surface area (TPSA) is 30.5 Å². The van der Waals surface area contributed by atoms with E-state index in [1.54, 1.807) is 0 Å². The summed E-state index contributed by atoms with van der Waals surface area (Å²) in [6.07, 6.45) is 5.22. The molecule has 0 saturated heterocycles. The molecule has 3 nitrogen and oxygen atoms in total. The number of rotatable bonds is 6. The van der Waals surface area contributed by atoms with Crippen LogP contribution in [0.15, 0.2) is 30.3 Å². The van der Waals surface area contributed by atoms with Crippen LogP contribution in [0.3, 0.4) is 0 Å². The van der Waals surface area contributed by atoms with E-state index in [0.717, 1.165) is 6.42 Å². The Labute approximate surface area is 109 Å². The van der Waals surface area contributed by atoms with E-state index in [-0.39, 0.29) is 0 Å². The van der Waals surface area contributed by atoms with Gasteiger partial charge < -0.3 is 14.8 Å². The molecule has 3 heteroatoms. The summed E-state index contributed by atoms with van der Waals surface area (Å²) in [5, 5.41) is 3.33. The first kappa shape index (κ1) is 13.5. The second-order valence-corrected chi connectivity index (χ2v) is 4.84. The molecule has 2 rings (SSSR count). The van der Waals surface area contributed by atoms with Gasteiger partial charge in [0.05, 0.1) is 12.7 Å². The first-order chi connectivity index (χ1) is 8.90. The van der Waals surface area contributed by atoms with E-state index < -0.39 is 0 Å². The molecule has 1 aliphatic rings. The fourth-order valence-corrected chi connectivity index (χ4v) is 2.50. The zero-order valence-electron chi connectivity index (χ0n) is 11.1. The molecule has 0 radical (unpaired) electrons. The van der Waals surface area contributed by atoms with Gasteiger partial charge in [0.25, 0.3) is 0 Å². The summed E-state index contributed by atoms with van der Waals surface area (Å²) in [6, 6.07) is 10.7. The summed E-state index contributed by atoms with van der Waals surface area (Å²) in [7, 11) is 2.01. The fraction of sp³-hybridized carbons (Fsp3) is 0.600. The molecular formula is C15H23NO2. The van der Waals surface area contributed by atoms with Crippen molar-refractivity contribution in [2.24, 2.45) is 0 Å². The maximum atomic E-state index is 5.82. The maximum absolute atomic E-state index is 5.82. The van der Waals surface area contributed by atoms with E-state index in [2.05, 4.69) is 17.4 Å². The minimum atomic E-state index is 0.305. The van der Waals surface area contributed by atoms with Crippen LogP contribution in [0, 0.1) is 0 Å². The molecule has 1 aromatic carbocycles. The average Bonchev–Trinajstić information content (AvgIpc) is 2.45. The van der Waals surface area contributed by atoms with Crippen LogP contribution in [0.1, 0.15) is 31.2 Å². The van der Waals surface area contributed by atoms with Crippen molar-refractivity contribution in [2.45, 2.75) is 44.4 Å². The summed E-state index contributed by atoms with van der Waals surface area (Å²) >= 11 is 0. The number of hydrogen-bond acceptors (Lipinski definition) is 3. The molecule has 1 saturated carbocycles. The summed E-state index contributed by atoms with van der Waals surface area (Å²) in [5.74, 6) is 0. The second-order valence-electron chi connectivity index (χ2n) is 4.84. The third-order valence-corrected chi connectivity index (χ3v) is 3.55. The Bertz CT molecular complexity index is 329. The molecule has 1 fully saturated rings. The molecule has 2 unspecified atom stereocenters. The Balaban J connectivity index is 1.65. The van der Waals surface area contributed by atoms with Gasteiger partial charge in [-0.25, -0.2) is 0 Å². The molecular weight excluding hydrogens is 226 g/mol. The van der Waals surface area contributed by atoms with Gasteiger partial charge in [-0.15, -0.1) is 0 Å². The van der Waals surface area contributed by atoms with Crippen LogP contribution >= 0.6 is 0 Å². The van der Waals surface area contributed by atoms with Gasteiger partial charge in [-0.2, -0.15) is 0 Å². The minimum absolute atomic E-state index is 0.305. The molecule has 2 atom stereocenters. The number of benzene rings is 1. The summed E-state index contributed by atoms with van der Waals surface area (Å²) < 4.78 is 11.4. The van der Waals surface area contributed by atoms with Gasteiger partial charge in [0.2, 0.25) is 0 Å². The van der Waals surface area contributed by atoms with Crippen LogP contribution in [0.2, 0.25) is 0 Å². The van der Waals surface area contributed by atoms with Gasteiger partial charge in [0, 0.05) is 6.04 Å². The molecule has 0 heterocycles. The molecule has 0 aliphatic heterocycles. The predicted molar refractivity (Wildman–Crippen MR) is 72.3 cm³/mol. The second kappa shape index (κ2) is 7.52. The number of likely N-dealkylation sites (N-methyl/N-ethyl adjacent to an activating group) is 1. The highest BCUT2D eigenvalue weighted by molar-refractivity contribution is 5.13. The van der Waals surface area contributed by atoms with E-state index in [9.17, 15) is 0 Å². The quantitative estimate of drug-likeness (QED) is 0.621. The Morgan fingerprint density at radius 1 is 1.17 bits per heavy atom. The predicted octanol–water partition coefficient (Wildman–Crippen LogP) is 2.71. The van der Waals surface area contributed by atoms with E-state index >= 15 is 0 Å². The molecule has 0 spiro atoms. The zero-order chi connectivity index (χ0) is 12.6. The Kier molecular flexibility index (Phi) is 5.65. The standard InChI is InChI=1S/C15H23NO2/c1-16-14-9-5-6-10-15(14)18-12-17-11-13-7-3-2-4-8-13/h2-4,7-8,14-16H,5-6,9-12H2,1H3. The highest BCUT2D eigenvalue weighted by Crippen LogP contribution is 2.21. The highest BCUT2D eigenvalue weighted by atomic mass is 16.7. The molecule has 1 aromatic rings. The molecule has 1 aliphatic carbocycles. The van der Waals surface area contributed by atoms with Crippen molar-refractivity contribution >= 4 is 0 Å². The van der Waals surface area contributed by atoms with Crippen molar-refractivity contribution in [3.05, 3.63) is 35.9 Å². The van der Waals surface area contributed by atoms with Gasteiger partial charge in [-0.3, -0.25) is 0 Å². The molecule has 18 heavy (non-hydrogen) atoms. The molecule has 100 valence electrons. The van der Waals surface area contributed by atoms with Crippen molar-refractivity contribution in [3.63, 3.8) is 0 Å². The van der Waals surface area contributed by atoms with Crippen LogP contribution in [0.25, 0.3) is 0 Å². The summed E-state index contributed by atoms with van der Waals surface area (Å²) in [5.41, 5.74) is 1.19. The first-order valence-corrected chi connectivity index (χ1v) is 6.80. The third kappa shape index (κ3) is 4.09. The molecule has 0 amide bonds. The van der Waals surface area contributed by atoms with Gasteiger partial charge >= 0.3 is 0 Å². The smallest absolute Gasteiger partial charge is 0.147 e. The van der Waals surface area contributed by atoms with Crippen LogP contribution in [0.5, 0.6) is 0 Å². The molecule has 0 aromatic heterocycles. The molecule has 1 N–H and O–H groups in total. The Morgan fingerprint density at radius 3 is 2.72 bits per heavy atom. The number of hydrogen-bond donors (Lipinski definition) is 1. The largest absolute Gasteiger partial charge is 0.351 e. The van der Waals surface area contributed by atoms with E-state index in [1.165, 1.54) is 24.8 Å². The van der Waals surface area contributed by atoms with Crippen molar-refractivity contribution in [1.29, 1.82) is 0 Å². The first-order valence-electron chi connectivity index (χ1n) is 6.80. The SMILES string of the molecule is CNC1CCCCC1OCOCc1ccccc1. The fourth-order valence-electron chi connectivity index (χ4n) is 2.50. The van der Waals surface area contributed by atoms with Crippen molar-refractivity contribution < 1.29 is 9.47 Å². The lowest BCUT2D eigenvalue weighted by atomic mass is 9.93. The lowest BCUT2D eigenvalue weighted by molar-refractivity contribution is -0.112. The molecule has 0 bridgehead atoms. The number of nitrogens with one attached hydrogen (secondary N) is 1. The maximum Gasteiger partial charge on any atom is 0.147 e. The van der Waals surface area contributed by atoms with Gasteiger partial charge in [0.15, 0.2) is 0 Å². The highest BCUT2D eigenvalue weighted by Gasteiger charge is 2.24. The normalized spacial score (nSPS) is 24.1.